The van der Waals surface area contributed by atoms with Crippen LogP contribution in [0.4, 0.5) is 19.0 Å². The molecule has 1 aliphatic heterocycles. The van der Waals surface area contributed by atoms with Crippen molar-refractivity contribution in [3.8, 4) is 11.4 Å². The van der Waals surface area contributed by atoms with E-state index < -0.39 is 11.9 Å². The average molecular weight is 391 g/mol. The average Bonchev–Trinajstić information content (AvgIpc) is 3.54. The molecule has 4 rings (SSSR count). The van der Waals surface area contributed by atoms with Crippen LogP contribution in [0.25, 0.3) is 11.4 Å². The summed E-state index contributed by atoms with van der Waals surface area (Å²) in [5, 5.41) is 0. The van der Waals surface area contributed by atoms with Crippen molar-refractivity contribution in [3.05, 3.63) is 36.3 Å². The van der Waals surface area contributed by atoms with Gasteiger partial charge in [-0.2, -0.15) is 13.2 Å². The van der Waals surface area contributed by atoms with Gasteiger partial charge < -0.3 is 9.80 Å². The van der Waals surface area contributed by atoms with Crippen LogP contribution in [0.2, 0.25) is 0 Å². The molecule has 6 nitrogen and oxygen atoms in total. The van der Waals surface area contributed by atoms with Crippen molar-refractivity contribution >= 4 is 11.7 Å². The lowest BCUT2D eigenvalue weighted by Gasteiger charge is -2.24. The largest absolute Gasteiger partial charge is 0.433 e. The minimum atomic E-state index is -4.57. The van der Waals surface area contributed by atoms with Gasteiger partial charge in [-0.25, -0.2) is 9.97 Å². The molecule has 1 aliphatic carbocycles. The Morgan fingerprint density at radius 1 is 1.04 bits per heavy atom. The highest BCUT2D eigenvalue weighted by molar-refractivity contribution is 5.81. The van der Waals surface area contributed by atoms with Crippen molar-refractivity contribution in [2.24, 2.45) is 5.92 Å². The number of hydrogen-bond donors (Lipinski definition) is 0. The Kier molecular flexibility index (Phi) is 4.91. The Morgan fingerprint density at radius 2 is 1.79 bits per heavy atom. The van der Waals surface area contributed by atoms with Gasteiger partial charge in [-0.1, -0.05) is 0 Å². The fraction of sp³-hybridized carbons (Fsp3) is 0.474. The van der Waals surface area contributed by atoms with Crippen LogP contribution in [-0.4, -0.2) is 51.9 Å². The second kappa shape index (κ2) is 7.37. The standard InChI is InChI=1S/C19H20F3N5O/c20-19(21,22)15-12-16(25-17(24-15)13-4-6-23-7-5-13)26-8-1-9-27(11-10-26)18(28)14-2-3-14/h4-7,12,14H,1-3,8-11H2. The molecule has 2 aromatic rings. The molecule has 0 aromatic carbocycles. The molecule has 0 radical (unpaired) electrons. The SMILES string of the molecule is O=C(C1CC1)N1CCCN(c2cc(C(F)(F)F)nc(-c3ccncc3)n2)CC1. The van der Waals surface area contributed by atoms with E-state index in [1.165, 1.54) is 12.4 Å². The lowest BCUT2D eigenvalue weighted by Crippen LogP contribution is -2.36. The number of amides is 1. The molecule has 2 aliphatic rings. The fourth-order valence-corrected chi connectivity index (χ4v) is 3.33. The maximum absolute atomic E-state index is 13.4. The quantitative estimate of drug-likeness (QED) is 0.805. The number of alkyl halides is 3. The first kappa shape index (κ1) is 18.6. The van der Waals surface area contributed by atoms with Crippen molar-refractivity contribution in [2.75, 3.05) is 31.1 Å². The fourth-order valence-electron chi connectivity index (χ4n) is 3.33. The number of rotatable bonds is 3. The monoisotopic (exact) mass is 391 g/mol. The van der Waals surface area contributed by atoms with Crippen molar-refractivity contribution in [1.29, 1.82) is 0 Å². The molecular formula is C19H20F3N5O. The molecule has 148 valence electrons. The molecule has 2 aromatic heterocycles. The number of pyridine rings is 1. The first-order valence-corrected chi connectivity index (χ1v) is 9.32. The van der Waals surface area contributed by atoms with Gasteiger partial charge in [0, 0.05) is 56.1 Å². The van der Waals surface area contributed by atoms with Crippen LogP contribution in [0.15, 0.2) is 30.6 Å². The van der Waals surface area contributed by atoms with Gasteiger partial charge in [0.15, 0.2) is 11.5 Å². The van der Waals surface area contributed by atoms with Gasteiger partial charge in [0.1, 0.15) is 5.82 Å². The topological polar surface area (TPSA) is 62.2 Å². The summed E-state index contributed by atoms with van der Waals surface area (Å²) in [6, 6.07) is 4.15. The van der Waals surface area contributed by atoms with Crippen LogP contribution in [-0.2, 0) is 11.0 Å². The van der Waals surface area contributed by atoms with E-state index in [0.29, 0.717) is 38.2 Å². The van der Waals surface area contributed by atoms with E-state index in [0.717, 1.165) is 18.9 Å². The molecule has 1 saturated heterocycles. The van der Waals surface area contributed by atoms with Gasteiger partial charge in [-0.15, -0.1) is 0 Å². The second-order valence-corrected chi connectivity index (χ2v) is 7.11. The predicted octanol–water partition coefficient (Wildman–Crippen LogP) is 3.01. The van der Waals surface area contributed by atoms with Gasteiger partial charge in [0.05, 0.1) is 0 Å². The van der Waals surface area contributed by atoms with E-state index in [1.54, 1.807) is 12.1 Å². The molecule has 1 saturated carbocycles. The summed E-state index contributed by atoms with van der Waals surface area (Å²) >= 11 is 0. The van der Waals surface area contributed by atoms with Gasteiger partial charge >= 0.3 is 6.18 Å². The third-order valence-electron chi connectivity index (χ3n) is 5.00. The van der Waals surface area contributed by atoms with Crippen LogP contribution < -0.4 is 4.90 Å². The summed E-state index contributed by atoms with van der Waals surface area (Å²) in [6.45, 7) is 2.10. The van der Waals surface area contributed by atoms with Crippen LogP contribution in [0.1, 0.15) is 25.0 Å². The zero-order chi connectivity index (χ0) is 19.7. The maximum atomic E-state index is 13.4. The molecule has 0 atom stereocenters. The molecule has 2 fully saturated rings. The first-order valence-electron chi connectivity index (χ1n) is 9.32. The van der Waals surface area contributed by atoms with E-state index in [1.807, 2.05) is 9.80 Å². The van der Waals surface area contributed by atoms with Gasteiger partial charge in [-0.05, 0) is 31.4 Å². The van der Waals surface area contributed by atoms with Crippen LogP contribution in [0.5, 0.6) is 0 Å². The van der Waals surface area contributed by atoms with Gasteiger partial charge in [0.25, 0.3) is 0 Å². The normalized spacial score (nSPS) is 18.1. The minimum Gasteiger partial charge on any atom is -0.355 e. The zero-order valence-electron chi connectivity index (χ0n) is 15.2. The van der Waals surface area contributed by atoms with Crippen molar-refractivity contribution in [3.63, 3.8) is 0 Å². The first-order chi connectivity index (χ1) is 13.4. The highest BCUT2D eigenvalue weighted by Gasteiger charge is 2.36. The lowest BCUT2D eigenvalue weighted by molar-refractivity contribution is -0.141. The number of carbonyl (C=O) groups is 1. The van der Waals surface area contributed by atoms with E-state index >= 15 is 0 Å². The van der Waals surface area contributed by atoms with Crippen LogP contribution in [0.3, 0.4) is 0 Å². The molecular weight excluding hydrogens is 371 g/mol. The third-order valence-corrected chi connectivity index (χ3v) is 5.00. The van der Waals surface area contributed by atoms with Crippen molar-refractivity contribution in [2.45, 2.75) is 25.4 Å². The van der Waals surface area contributed by atoms with E-state index in [4.69, 9.17) is 0 Å². The van der Waals surface area contributed by atoms with Crippen molar-refractivity contribution in [1.82, 2.24) is 19.9 Å². The molecule has 3 heterocycles. The summed E-state index contributed by atoms with van der Waals surface area (Å²) in [6.07, 6.45) is 0.982. The summed E-state index contributed by atoms with van der Waals surface area (Å²) in [5.74, 6) is 0.552. The Bertz CT molecular complexity index is 854. The Balaban J connectivity index is 1.62. The Hall–Kier alpha value is -2.71. The van der Waals surface area contributed by atoms with Crippen molar-refractivity contribution < 1.29 is 18.0 Å². The molecule has 9 heteroatoms. The number of nitrogens with zero attached hydrogens (tertiary/aromatic N) is 5. The number of aromatic nitrogens is 3. The van der Waals surface area contributed by atoms with Gasteiger partial charge in [-0.3, -0.25) is 9.78 Å². The Morgan fingerprint density at radius 3 is 2.46 bits per heavy atom. The zero-order valence-corrected chi connectivity index (χ0v) is 15.2. The highest BCUT2D eigenvalue weighted by Crippen LogP contribution is 2.33. The number of carbonyl (C=O) groups excluding carboxylic acids is 1. The number of halogens is 3. The smallest absolute Gasteiger partial charge is 0.355 e. The van der Waals surface area contributed by atoms with E-state index in [2.05, 4.69) is 15.0 Å². The molecule has 1 amide bonds. The molecule has 28 heavy (non-hydrogen) atoms. The predicted molar refractivity (Wildman–Crippen MR) is 96.4 cm³/mol. The molecule has 0 N–H and O–H groups in total. The summed E-state index contributed by atoms with van der Waals surface area (Å²) in [7, 11) is 0. The second-order valence-electron chi connectivity index (χ2n) is 7.11. The van der Waals surface area contributed by atoms with E-state index in [9.17, 15) is 18.0 Å². The lowest BCUT2D eigenvalue weighted by atomic mass is 10.2. The van der Waals surface area contributed by atoms with Crippen LogP contribution >= 0.6 is 0 Å². The summed E-state index contributed by atoms with van der Waals surface area (Å²) in [4.78, 5) is 27.9. The molecule has 0 spiro atoms. The maximum Gasteiger partial charge on any atom is 0.433 e. The molecule has 0 bridgehead atoms. The number of anilines is 1. The van der Waals surface area contributed by atoms with Crippen LogP contribution in [0, 0.1) is 5.92 Å². The highest BCUT2D eigenvalue weighted by atomic mass is 19.4. The summed E-state index contributed by atoms with van der Waals surface area (Å²) in [5.41, 5.74) is -0.498. The molecule has 0 unspecified atom stereocenters. The minimum absolute atomic E-state index is 0.0161. The van der Waals surface area contributed by atoms with Gasteiger partial charge in [0.2, 0.25) is 5.91 Å². The Labute approximate surface area is 160 Å². The third kappa shape index (κ3) is 4.07. The van der Waals surface area contributed by atoms with E-state index in [-0.39, 0.29) is 23.5 Å². The summed E-state index contributed by atoms with van der Waals surface area (Å²) < 4.78 is 40.2. The number of hydrogen-bond acceptors (Lipinski definition) is 5.